The smallest absolute Gasteiger partial charge is 0.164 e. The SMILES string of the molecule is Cl.O=C(CCN1CCCCCC1)c1ccc(C2CCCCC2)c(Cl)c1. The second kappa shape index (κ2) is 10.5. The summed E-state index contributed by atoms with van der Waals surface area (Å²) in [7, 11) is 0. The largest absolute Gasteiger partial charge is 0.303 e. The number of nitrogens with zero attached hydrogens (tertiary/aromatic N) is 1. The van der Waals surface area contributed by atoms with E-state index in [0.717, 1.165) is 30.2 Å². The highest BCUT2D eigenvalue weighted by Gasteiger charge is 2.19. The summed E-state index contributed by atoms with van der Waals surface area (Å²) in [6.45, 7) is 3.18. The number of rotatable bonds is 5. The van der Waals surface area contributed by atoms with E-state index in [4.69, 9.17) is 11.6 Å². The van der Waals surface area contributed by atoms with Gasteiger partial charge in [0.2, 0.25) is 0 Å². The van der Waals surface area contributed by atoms with E-state index in [1.807, 2.05) is 12.1 Å². The van der Waals surface area contributed by atoms with E-state index >= 15 is 0 Å². The Morgan fingerprint density at radius 1 is 1.00 bits per heavy atom. The number of carbonyl (C=O) groups is 1. The van der Waals surface area contributed by atoms with Crippen molar-refractivity contribution in [2.75, 3.05) is 19.6 Å². The van der Waals surface area contributed by atoms with Gasteiger partial charge in [-0.2, -0.15) is 0 Å². The van der Waals surface area contributed by atoms with Crippen molar-refractivity contribution in [2.24, 2.45) is 0 Å². The predicted molar refractivity (Wildman–Crippen MR) is 108 cm³/mol. The Morgan fingerprint density at radius 3 is 2.28 bits per heavy atom. The number of benzene rings is 1. The standard InChI is InChI=1S/C21H30ClNO.ClH/c22-20-16-18(10-11-19(20)17-8-4-3-5-9-17)21(24)12-15-23-13-6-1-2-7-14-23;/h10-11,16-17H,1-9,12-15H2;1H. The highest BCUT2D eigenvalue weighted by Crippen LogP contribution is 2.36. The average molecular weight is 384 g/mol. The summed E-state index contributed by atoms with van der Waals surface area (Å²) < 4.78 is 0. The van der Waals surface area contributed by atoms with Crippen LogP contribution in [0.1, 0.15) is 86.0 Å². The molecule has 0 unspecified atom stereocenters. The number of ketones is 1. The van der Waals surface area contributed by atoms with Crippen LogP contribution in [-0.4, -0.2) is 30.3 Å². The molecule has 1 saturated heterocycles. The van der Waals surface area contributed by atoms with Gasteiger partial charge in [0.15, 0.2) is 5.78 Å². The van der Waals surface area contributed by atoms with E-state index in [1.165, 1.54) is 63.4 Å². The summed E-state index contributed by atoms with van der Waals surface area (Å²) in [6.07, 6.45) is 12.3. The van der Waals surface area contributed by atoms with Crippen molar-refractivity contribution in [3.8, 4) is 0 Å². The normalized spacial score (nSPS) is 19.9. The van der Waals surface area contributed by atoms with E-state index in [2.05, 4.69) is 11.0 Å². The highest BCUT2D eigenvalue weighted by atomic mass is 35.5. The van der Waals surface area contributed by atoms with Gasteiger partial charge in [0.25, 0.3) is 0 Å². The maximum absolute atomic E-state index is 12.5. The van der Waals surface area contributed by atoms with Crippen LogP contribution in [0.3, 0.4) is 0 Å². The van der Waals surface area contributed by atoms with Crippen LogP contribution < -0.4 is 0 Å². The van der Waals surface area contributed by atoms with E-state index in [0.29, 0.717) is 12.3 Å². The number of carbonyl (C=O) groups excluding carboxylic acids is 1. The predicted octanol–water partition coefficient (Wildman–Crippen LogP) is 6.26. The fourth-order valence-corrected chi connectivity index (χ4v) is 4.54. The molecule has 4 heteroatoms. The van der Waals surface area contributed by atoms with Gasteiger partial charge in [-0.3, -0.25) is 4.79 Å². The van der Waals surface area contributed by atoms with E-state index in [9.17, 15) is 4.79 Å². The van der Waals surface area contributed by atoms with Gasteiger partial charge in [0.1, 0.15) is 0 Å². The second-order valence-electron chi connectivity index (χ2n) is 7.50. The number of halogens is 2. The van der Waals surface area contributed by atoms with Crippen LogP contribution in [0.25, 0.3) is 0 Å². The molecule has 0 atom stereocenters. The Balaban J connectivity index is 0.00000225. The maximum Gasteiger partial charge on any atom is 0.164 e. The molecule has 3 rings (SSSR count). The first-order valence-electron chi connectivity index (χ1n) is 9.79. The Labute approximate surface area is 163 Å². The molecule has 1 aromatic carbocycles. The van der Waals surface area contributed by atoms with Crippen LogP contribution in [0, 0.1) is 0 Å². The van der Waals surface area contributed by atoms with Crippen LogP contribution in [0.4, 0.5) is 0 Å². The molecule has 2 fully saturated rings. The lowest BCUT2D eigenvalue weighted by atomic mass is 9.83. The van der Waals surface area contributed by atoms with Crippen LogP contribution in [0.15, 0.2) is 18.2 Å². The summed E-state index contributed by atoms with van der Waals surface area (Å²) in [5, 5.41) is 0.794. The van der Waals surface area contributed by atoms with E-state index < -0.39 is 0 Å². The molecular weight excluding hydrogens is 353 g/mol. The lowest BCUT2D eigenvalue weighted by Gasteiger charge is -2.23. The monoisotopic (exact) mass is 383 g/mol. The van der Waals surface area contributed by atoms with Gasteiger partial charge >= 0.3 is 0 Å². The minimum Gasteiger partial charge on any atom is -0.303 e. The third kappa shape index (κ3) is 5.98. The Morgan fingerprint density at radius 2 is 1.64 bits per heavy atom. The molecule has 0 N–H and O–H groups in total. The van der Waals surface area contributed by atoms with Gasteiger partial charge in [-0.1, -0.05) is 55.8 Å². The van der Waals surface area contributed by atoms with Crippen molar-refractivity contribution in [3.63, 3.8) is 0 Å². The highest BCUT2D eigenvalue weighted by molar-refractivity contribution is 6.31. The minimum atomic E-state index is 0. The molecule has 1 heterocycles. The summed E-state index contributed by atoms with van der Waals surface area (Å²) in [5.41, 5.74) is 2.04. The molecule has 0 radical (unpaired) electrons. The number of hydrogen-bond donors (Lipinski definition) is 0. The molecule has 1 saturated carbocycles. The lowest BCUT2D eigenvalue weighted by molar-refractivity contribution is 0.0965. The fraction of sp³-hybridized carbons (Fsp3) is 0.667. The number of Topliss-reactive ketones (excluding diaryl/α,β-unsaturated/α-hetero) is 1. The van der Waals surface area contributed by atoms with Crippen LogP contribution in [0.5, 0.6) is 0 Å². The van der Waals surface area contributed by atoms with Crippen LogP contribution in [-0.2, 0) is 0 Å². The van der Waals surface area contributed by atoms with Crippen molar-refractivity contribution in [1.29, 1.82) is 0 Å². The Hall–Kier alpha value is -0.570. The van der Waals surface area contributed by atoms with Gasteiger partial charge < -0.3 is 4.90 Å². The molecule has 25 heavy (non-hydrogen) atoms. The van der Waals surface area contributed by atoms with Gasteiger partial charge in [-0.15, -0.1) is 12.4 Å². The number of hydrogen-bond acceptors (Lipinski definition) is 2. The molecule has 1 aliphatic heterocycles. The van der Waals surface area contributed by atoms with E-state index in [-0.39, 0.29) is 18.2 Å². The average Bonchev–Trinajstić information content (AvgIpc) is 2.89. The minimum absolute atomic E-state index is 0. The molecule has 1 aromatic rings. The lowest BCUT2D eigenvalue weighted by Crippen LogP contribution is -2.27. The fourth-order valence-electron chi connectivity index (χ4n) is 4.21. The zero-order valence-electron chi connectivity index (χ0n) is 15.1. The van der Waals surface area contributed by atoms with Gasteiger partial charge in [-0.05, 0) is 56.3 Å². The third-order valence-corrected chi connectivity index (χ3v) is 6.05. The van der Waals surface area contributed by atoms with Crippen molar-refractivity contribution < 1.29 is 4.79 Å². The third-order valence-electron chi connectivity index (χ3n) is 5.72. The summed E-state index contributed by atoms with van der Waals surface area (Å²) in [6, 6.07) is 6.02. The summed E-state index contributed by atoms with van der Waals surface area (Å²) >= 11 is 6.51. The van der Waals surface area contributed by atoms with Crippen LogP contribution in [0.2, 0.25) is 5.02 Å². The zero-order valence-corrected chi connectivity index (χ0v) is 16.7. The first-order chi connectivity index (χ1) is 11.7. The zero-order chi connectivity index (χ0) is 16.8. The van der Waals surface area contributed by atoms with Gasteiger partial charge in [0, 0.05) is 23.6 Å². The molecule has 2 nitrogen and oxygen atoms in total. The first kappa shape index (κ1) is 20.7. The van der Waals surface area contributed by atoms with Crippen LogP contribution >= 0.6 is 24.0 Å². The Bertz CT molecular complexity index is 547. The number of likely N-dealkylation sites (tertiary alicyclic amines) is 1. The second-order valence-corrected chi connectivity index (χ2v) is 7.91. The molecule has 0 amide bonds. The topological polar surface area (TPSA) is 20.3 Å². The molecule has 0 bridgehead atoms. The van der Waals surface area contributed by atoms with Gasteiger partial charge in [-0.25, -0.2) is 0 Å². The molecule has 2 aliphatic rings. The van der Waals surface area contributed by atoms with Crippen molar-refractivity contribution in [2.45, 2.75) is 70.1 Å². The summed E-state index contributed by atoms with van der Waals surface area (Å²) in [4.78, 5) is 15.0. The molecule has 1 aliphatic carbocycles. The van der Waals surface area contributed by atoms with Gasteiger partial charge in [0.05, 0.1) is 0 Å². The van der Waals surface area contributed by atoms with Crippen molar-refractivity contribution >= 4 is 29.8 Å². The molecule has 140 valence electrons. The quantitative estimate of drug-likeness (QED) is 0.559. The first-order valence-corrected chi connectivity index (χ1v) is 10.2. The molecule has 0 spiro atoms. The summed E-state index contributed by atoms with van der Waals surface area (Å²) in [5.74, 6) is 0.823. The molecule has 0 aromatic heterocycles. The Kier molecular flexibility index (Phi) is 8.75. The maximum atomic E-state index is 12.5. The van der Waals surface area contributed by atoms with E-state index in [1.54, 1.807) is 0 Å². The molecular formula is C21H31Cl2NO. The van der Waals surface area contributed by atoms with Crippen molar-refractivity contribution in [3.05, 3.63) is 34.3 Å². The van der Waals surface area contributed by atoms with Crippen molar-refractivity contribution in [1.82, 2.24) is 4.90 Å².